The van der Waals surface area contributed by atoms with Crippen molar-refractivity contribution in [2.45, 2.75) is 20.3 Å². The maximum absolute atomic E-state index is 11.4. The van der Waals surface area contributed by atoms with Crippen molar-refractivity contribution in [2.75, 3.05) is 20.8 Å². The van der Waals surface area contributed by atoms with Crippen LogP contribution in [0.4, 0.5) is 0 Å². The van der Waals surface area contributed by atoms with Crippen molar-refractivity contribution < 1.29 is 28.6 Å². The Morgan fingerprint density at radius 3 is 1.88 bits per heavy atom. The molecule has 0 aromatic rings. The monoisotopic (exact) mass is 246 g/mol. The summed E-state index contributed by atoms with van der Waals surface area (Å²) in [6.45, 7) is 3.53. The lowest BCUT2D eigenvalue weighted by molar-refractivity contribution is -0.162. The molecule has 0 aliphatic heterocycles. The Hall–Kier alpha value is -1.59. The molecule has 1 atom stereocenters. The van der Waals surface area contributed by atoms with E-state index < -0.39 is 29.7 Å². The van der Waals surface area contributed by atoms with Crippen LogP contribution in [0.15, 0.2) is 0 Å². The van der Waals surface area contributed by atoms with Crippen molar-refractivity contribution in [2.24, 2.45) is 11.8 Å². The van der Waals surface area contributed by atoms with Gasteiger partial charge in [0.05, 0.1) is 20.8 Å². The Labute approximate surface area is 100 Å². The highest BCUT2D eigenvalue weighted by Gasteiger charge is 2.35. The molecular formula is C11H18O6. The van der Waals surface area contributed by atoms with Gasteiger partial charge in [0.15, 0.2) is 5.92 Å². The molecule has 6 nitrogen and oxygen atoms in total. The highest BCUT2D eigenvalue weighted by molar-refractivity contribution is 5.95. The maximum Gasteiger partial charge on any atom is 0.320 e. The Bertz CT molecular complexity index is 270. The van der Waals surface area contributed by atoms with E-state index in [1.807, 2.05) is 0 Å². The third-order valence-electron chi connectivity index (χ3n) is 2.27. The minimum absolute atomic E-state index is 0.0390. The van der Waals surface area contributed by atoms with E-state index in [1.54, 1.807) is 13.8 Å². The fourth-order valence-electron chi connectivity index (χ4n) is 1.42. The summed E-state index contributed by atoms with van der Waals surface area (Å²) in [5.74, 6) is -3.52. The zero-order valence-corrected chi connectivity index (χ0v) is 10.5. The summed E-state index contributed by atoms with van der Waals surface area (Å²) in [6.07, 6.45) is -0.0390. The van der Waals surface area contributed by atoms with Gasteiger partial charge in [-0.3, -0.25) is 14.4 Å². The van der Waals surface area contributed by atoms with E-state index in [-0.39, 0.29) is 13.0 Å². The molecule has 0 N–H and O–H groups in total. The highest BCUT2D eigenvalue weighted by Crippen LogP contribution is 2.19. The fourth-order valence-corrected chi connectivity index (χ4v) is 1.42. The first-order valence-corrected chi connectivity index (χ1v) is 5.29. The molecule has 0 radical (unpaired) electrons. The average Bonchev–Trinajstić information content (AvgIpc) is 2.28. The molecule has 98 valence electrons. The van der Waals surface area contributed by atoms with Crippen molar-refractivity contribution in [3.63, 3.8) is 0 Å². The van der Waals surface area contributed by atoms with E-state index >= 15 is 0 Å². The Balaban J connectivity index is 4.64. The minimum atomic E-state index is -1.10. The predicted molar refractivity (Wildman–Crippen MR) is 57.9 cm³/mol. The van der Waals surface area contributed by atoms with E-state index in [1.165, 1.54) is 14.2 Å². The largest absolute Gasteiger partial charge is 0.468 e. The predicted octanol–water partition coefficient (Wildman–Crippen LogP) is 0.538. The molecule has 0 rings (SSSR count). The Kier molecular flexibility index (Phi) is 6.93. The van der Waals surface area contributed by atoms with Crippen LogP contribution in [0.2, 0.25) is 0 Å². The van der Waals surface area contributed by atoms with E-state index in [0.717, 1.165) is 0 Å². The van der Waals surface area contributed by atoms with Crippen LogP contribution in [-0.4, -0.2) is 38.7 Å². The summed E-state index contributed by atoms with van der Waals surface area (Å²) in [5, 5.41) is 0. The number of hydrogen-bond donors (Lipinski definition) is 0. The molecular weight excluding hydrogens is 228 g/mol. The van der Waals surface area contributed by atoms with Crippen LogP contribution in [0, 0.1) is 11.8 Å². The molecule has 0 fully saturated rings. The van der Waals surface area contributed by atoms with Crippen LogP contribution in [0.25, 0.3) is 0 Å². The number of hydrogen-bond acceptors (Lipinski definition) is 6. The zero-order valence-electron chi connectivity index (χ0n) is 10.5. The SMILES string of the molecule is CCOC(=O)C[C@@H](C)C(C(=O)OC)C(=O)OC. The van der Waals surface area contributed by atoms with Crippen molar-refractivity contribution in [3.05, 3.63) is 0 Å². The maximum atomic E-state index is 11.4. The summed E-state index contributed by atoms with van der Waals surface area (Å²) in [4.78, 5) is 34.1. The molecule has 6 heteroatoms. The van der Waals surface area contributed by atoms with Crippen molar-refractivity contribution >= 4 is 17.9 Å². The number of carbonyl (C=O) groups excluding carboxylic acids is 3. The molecule has 0 aliphatic rings. The third kappa shape index (κ3) is 4.84. The van der Waals surface area contributed by atoms with E-state index in [0.29, 0.717) is 0 Å². The van der Waals surface area contributed by atoms with E-state index in [9.17, 15) is 14.4 Å². The molecule has 0 saturated carbocycles. The molecule has 0 spiro atoms. The van der Waals surface area contributed by atoms with Gasteiger partial charge in [0, 0.05) is 6.42 Å². The second-order valence-electron chi connectivity index (χ2n) is 3.51. The van der Waals surface area contributed by atoms with E-state index in [2.05, 4.69) is 9.47 Å². The first kappa shape index (κ1) is 15.4. The molecule has 0 aromatic carbocycles. The van der Waals surface area contributed by atoms with E-state index in [4.69, 9.17) is 4.74 Å². The number of rotatable bonds is 6. The molecule has 0 amide bonds. The molecule has 17 heavy (non-hydrogen) atoms. The van der Waals surface area contributed by atoms with Gasteiger partial charge in [0.2, 0.25) is 0 Å². The van der Waals surface area contributed by atoms with Crippen molar-refractivity contribution in [3.8, 4) is 0 Å². The van der Waals surface area contributed by atoms with Gasteiger partial charge in [-0.2, -0.15) is 0 Å². The summed E-state index contributed by atoms with van der Waals surface area (Å²) in [6, 6.07) is 0. The standard InChI is InChI=1S/C11H18O6/c1-5-17-8(12)6-7(2)9(10(13)15-3)11(14)16-4/h7,9H,5-6H2,1-4H3/t7-/m1/s1. The second-order valence-corrected chi connectivity index (χ2v) is 3.51. The Morgan fingerprint density at radius 1 is 1.06 bits per heavy atom. The molecule has 0 aliphatic carbocycles. The second kappa shape index (κ2) is 7.65. The quantitative estimate of drug-likeness (QED) is 0.386. The molecule has 0 bridgehead atoms. The highest BCUT2D eigenvalue weighted by atomic mass is 16.5. The van der Waals surface area contributed by atoms with Crippen molar-refractivity contribution in [1.82, 2.24) is 0 Å². The van der Waals surface area contributed by atoms with Crippen LogP contribution >= 0.6 is 0 Å². The van der Waals surface area contributed by atoms with Crippen LogP contribution in [0.5, 0.6) is 0 Å². The van der Waals surface area contributed by atoms with Crippen molar-refractivity contribution in [1.29, 1.82) is 0 Å². The van der Waals surface area contributed by atoms with Gasteiger partial charge in [-0.25, -0.2) is 0 Å². The Morgan fingerprint density at radius 2 is 1.53 bits per heavy atom. The van der Waals surface area contributed by atoms with Gasteiger partial charge < -0.3 is 14.2 Å². The first-order valence-electron chi connectivity index (χ1n) is 5.29. The number of methoxy groups -OCH3 is 2. The van der Waals surface area contributed by atoms with Gasteiger partial charge in [0.25, 0.3) is 0 Å². The number of carbonyl (C=O) groups is 3. The molecule has 0 aromatic heterocycles. The minimum Gasteiger partial charge on any atom is -0.468 e. The number of esters is 3. The van der Waals surface area contributed by atoms with Gasteiger partial charge >= 0.3 is 17.9 Å². The van der Waals surface area contributed by atoms with Crippen LogP contribution < -0.4 is 0 Å². The summed E-state index contributed by atoms with van der Waals surface area (Å²) in [5.41, 5.74) is 0. The van der Waals surface area contributed by atoms with Gasteiger partial charge in [-0.05, 0) is 12.8 Å². The first-order chi connectivity index (χ1) is 7.97. The van der Waals surface area contributed by atoms with Crippen LogP contribution in [0.3, 0.4) is 0 Å². The lowest BCUT2D eigenvalue weighted by atomic mass is 9.91. The number of ether oxygens (including phenoxy) is 3. The lowest BCUT2D eigenvalue weighted by Gasteiger charge is -2.18. The normalized spacial score (nSPS) is 11.8. The van der Waals surface area contributed by atoms with Crippen LogP contribution in [0.1, 0.15) is 20.3 Å². The summed E-state index contributed by atoms with van der Waals surface area (Å²) in [7, 11) is 2.35. The summed E-state index contributed by atoms with van der Waals surface area (Å²) < 4.78 is 13.8. The summed E-state index contributed by atoms with van der Waals surface area (Å²) >= 11 is 0. The topological polar surface area (TPSA) is 78.9 Å². The third-order valence-corrected chi connectivity index (χ3v) is 2.27. The molecule has 0 unspecified atom stereocenters. The van der Waals surface area contributed by atoms with Gasteiger partial charge in [-0.1, -0.05) is 6.92 Å². The molecule has 0 saturated heterocycles. The fraction of sp³-hybridized carbons (Fsp3) is 0.727. The smallest absolute Gasteiger partial charge is 0.320 e. The molecule has 0 heterocycles. The lowest BCUT2D eigenvalue weighted by Crippen LogP contribution is -2.33. The zero-order chi connectivity index (χ0) is 13.4. The van der Waals surface area contributed by atoms with Gasteiger partial charge in [0.1, 0.15) is 0 Å². The average molecular weight is 246 g/mol. The van der Waals surface area contributed by atoms with Gasteiger partial charge in [-0.15, -0.1) is 0 Å². The van der Waals surface area contributed by atoms with Crippen LogP contribution in [-0.2, 0) is 28.6 Å².